The van der Waals surface area contributed by atoms with Gasteiger partial charge in [-0.25, -0.2) is 4.98 Å². The monoisotopic (exact) mass is 257 g/mol. The summed E-state index contributed by atoms with van der Waals surface area (Å²) in [5.41, 5.74) is 7.43. The Morgan fingerprint density at radius 1 is 1.26 bits per heavy atom. The summed E-state index contributed by atoms with van der Waals surface area (Å²) in [5.74, 6) is 1.01. The summed E-state index contributed by atoms with van der Waals surface area (Å²) in [6.45, 7) is 6.72. The summed E-state index contributed by atoms with van der Waals surface area (Å²) in [6, 6.07) is 9.96. The van der Waals surface area contributed by atoms with E-state index in [4.69, 9.17) is 15.5 Å². The van der Waals surface area contributed by atoms with Crippen LogP contribution in [0.25, 0.3) is 10.9 Å². The SMILES string of the molecule is CC1(C)CN(c2ccc3cc(N)ccc3n2)CCO1. The number of aromatic nitrogens is 1. The lowest BCUT2D eigenvalue weighted by Crippen LogP contribution is -2.48. The number of fused-ring (bicyclic) bond motifs is 1. The van der Waals surface area contributed by atoms with E-state index >= 15 is 0 Å². The molecule has 4 heteroatoms. The predicted octanol–water partition coefficient (Wildman–Crippen LogP) is 2.43. The van der Waals surface area contributed by atoms with Crippen molar-refractivity contribution in [1.29, 1.82) is 0 Å². The standard InChI is InChI=1S/C15H19N3O/c1-15(2)10-18(7-8-19-15)14-6-3-11-9-12(16)4-5-13(11)17-14/h3-6,9H,7-8,10,16H2,1-2H3. The van der Waals surface area contributed by atoms with Gasteiger partial charge >= 0.3 is 0 Å². The number of nitrogens with two attached hydrogens (primary N) is 1. The highest BCUT2D eigenvalue weighted by Gasteiger charge is 2.27. The van der Waals surface area contributed by atoms with E-state index in [-0.39, 0.29) is 5.60 Å². The van der Waals surface area contributed by atoms with Crippen LogP contribution in [0.5, 0.6) is 0 Å². The number of pyridine rings is 1. The molecule has 2 N–H and O–H groups in total. The smallest absolute Gasteiger partial charge is 0.129 e. The van der Waals surface area contributed by atoms with Crippen molar-refractivity contribution >= 4 is 22.4 Å². The molecule has 1 aromatic heterocycles. The Morgan fingerprint density at radius 2 is 2.11 bits per heavy atom. The summed E-state index contributed by atoms with van der Waals surface area (Å²) >= 11 is 0. The minimum Gasteiger partial charge on any atom is -0.399 e. The summed E-state index contributed by atoms with van der Waals surface area (Å²) in [6.07, 6.45) is 0. The lowest BCUT2D eigenvalue weighted by molar-refractivity contribution is -0.0278. The molecule has 0 spiro atoms. The molecule has 2 heterocycles. The first-order chi connectivity index (χ1) is 9.03. The Hall–Kier alpha value is -1.81. The Balaban J connectivity index is 1.95. The highest BCUT2D eigenvalue weighted by Crippen LogP contribution is 2.24. The minimum atomic E-state index is -0.115. The molecular formula is C15H19N3O. The topological polar surface area (TPSA) is 51.4 Å². The van der Waals surface area contributed by atoms with Crippen LogP contribution in [0.15, 0.2) is 30.3 Å². The maximum Gasteiger partial charge on any atom is 0.129 e. The number of hydrogen-bond donors (Lipinski definition) is 1. The molecular weight excluding hydrogens is 238 g/mol. The van der Waals surface area contributed by atoms with Crippen LogP contribution < -0.4 is 10.6 Å². The molecule has 1 aliphatic rings. The van der Waals surface area contributed by atoms with E-state index in [1.165, 1.54) is 0 Å². The van der Waals surface area contributed by atoms with Crippen molar-refractivity contribution in [2.45, 2.75) is 19.4 Å². The zero-order valence-corrected chi connectivity index (χ0v) is 11.4. The maximum atomic E-state index is 5.79. The molecule has 0 saturated carbocycles. The minimum absolute atomic E-state index is 0.115. The fourth-order valence-corrected chi connectivity index (χ4v) is 2.52. The van der Waals surface area contributed by atoms with Crippen LogP contribution in [0.1, 0.15) is 13.8 Å². The van der Waals surface area contributed by atoms with Crippen molar-refractivity contribution < 1.29 is 4.74 Å². The highest BCUT2D eigenvalue weighted by atomic mass is 16.5. The van der Waals surface area contributed by atoms with Crippen LogP contribution >= 0.6 is 0 Å². The van der Waals surface area contributed by atoms with E-state index in [1.807, 2.05) is 18.2 Å². The molecule has 1 fully saturated rings. The molecule has 0 atom stereocenters. The van der Waals surface area contributed by atoms with Gasteiger partial charge in [-0.15, -0.1) is 0 Å². The molecule has 2 aromatic rings. The molecule has 1 saturated heterocycles. The van der Waals surface area contributed by atoms with Crippen molar-refractivity contribution in [2.75, 3.05) is 30.3 Å². The molecule has 0 unspecified atom stereocenters. The van der Waals surface area contributed by atoms with Gasteiger partial charge in [0.2, 0.25) is 0 Å². The van der Waals surface area contributed by atoms with Crippen LogP contribution in [-0.4, -0.2) is 30.3 Å². The first-order valence-electron chi connectivity index (χ1n) is 6.59. The summed E-state index contributed by atoms with van der Waals surface area (Å²) < 4.78 is 5.73. The van der Waals surface area contributed by atoms with Gasteiger partial charge in [-0.3, -0.25) is 0 Å². The normalized spacial score (nSPS) is 18.7. The summed E-state index contributed by atoms with van der Waals surface area (Å²) in [4.78, 5) is 7.00. The third kappa shape index (κ3) is 2.49. The number of nitrogen functional groups attached to an aromatic ring is 1. The van der Waals surface area contributed by atoms with Crippen LogP contribution in [0.2, 0.25) is 0 Å². The number of hydrogen-bond acceptors (Lipinski definition) is 4. The average molecular weight is 257 g/mol. The average Bonchev–Trinajstić information content (AvgIpc) is 2.37. The molecule has 0 bridgehead atoms. The molecule has 0 aliphatic carbocycles. The van der Waals surface area contributed by atoms with Gasteiger partial charge in [0.15, 0.2) is 0 Å². The number of morpholine rings is 1. The first kappa shape index (κ1) is 12.2. The molecule has 1 aromatic carbocycles. The molecule has 4 nitrogen and oxygen atoms in total. The Morgan fingerprint density at radius 3 is 2.89 bits per heavy atom. The molecule has 0 amide bonds. The van der Waals surface area contributed by atoms with Crippen molar-refractivity contribution in [2.24, 2.45) is 0 Å². The fourth-order valence-electron chi connectivity index (χ4n) is 2.52. The van der Waals surface area contributed by atoms with E-state index < -0.39 is 0 Å². The Labute approximate surface area is 113 Å². The first-order valence-corrected chi connectivity index (χ1v) is 6.59. The molecule has 1 aliphatic heterocycles. The number of rotatable bonds is 1. The lowest BCUT2D eigenvalue weighted by Gasteiger charge is -2.38. The zero-order chi connectivity index (χ0) is 13.5. The van der Waals surface area contributed by atoms with Crippen molar-refractivity contribution in [3.63, 3.8) is 0 Å². The van der Waals surface area contributed by atoms with Crippen LogP contribution in [0.4, 0.5) is 11.5 Å². The van der Waals surface area contributed by atoms with Gasteiger partial charge in [0.25, 0.3) is 0 Å². The van der Waals surface area contributed by atoms with E-state index in [0.717, 1.165) is 42.1 Å². The van der Waals surface area contributed by atoms with Gasteiger partial charge in [-0.05, 0) is 44.2 Å². The van der Waals surface area contributed by atoms with Gasteiger partial charge in [0.1, 0.15) is 5.82 Å². The second-order valence-electron chi connectivity index (χ2n) is 5.65. The van der Waals surface area contributed by atoms with Gasteiger partial charge in [-0.2, -0.15) is 0 Å². The van der Waals surface area contributed by atoms with Crippen molar-refractivity contribution in [3.8, 4) is 0 Å². The lowest BCUT2D eigenvalue weighted by atomic mass is 10.1. The van der Waals surface area contributed by atoms with Gasteiger partial charge in [-0.1, -0.05) is 0 Å². The van der Waals surface area contributed by atoms with E-state index in [1.54, 1.807) is 0 Å². The second kappa shape index (κ2) is 4.38. The Bertz CT molecular complexity index is 609. The van der Waals surface area contributed by atoms with Crippen molar-refractivity contribution in [3.05, 3.63) is 30.3 Å². The molecule has 3 rings (SSSR count). The number of benzene rings is 1. The largest absolute Gasteiger partial charge is 0.399 e. The fraction of sp³-hybridized carbons (Fsp3) is 0.400. The summed E-state index contributed by atoms with van der Waals surface area (Å²) in [5, 5.41) is 1.08. The Kier molecular flexibility index (Phi) is 2.82. The summed E-state index contributed by atoms with van der Waals surface area (Å²) in [7, 11) is 0. The van der Waals surface area contributed by atoms with Gasteiger partial charge in [0, 0.05) is 24.2 Å². The van der Waals surface area contributed by atoms with Gasteiger partial charge < -0.3 is 15.4 Å². The molecule has 19 heavy (non-hydrogen) atoms. The highest BCUT2D eigenvalue weighted by molar-refractivity contribution is 5.83. The molecule has 100 valence electrons. The third-order valence-electron chi connectivity index (χ3n) is 3.45. The van der Waals surface area contributed by atoms with E-state index in [2.05, 4.69) is 30.9 Å². The van der Waals surface area contributed by atoms with Crippen LogP contribution in [0, 0.1) is 0 Å². The molecule has 0 radical (unpaired) electrons. The maximum absolute atomic E-state index is 5.79. The van der Waals surface area contributed by atoms with Crippen LogP contribution in [0.3, 0.4) is 0 Å². The zero-order valence-electron chi connectivity index (χ0n) is 11.4. The number of nitrogens with zero attached hydrogens (tertiary/aromatic N) is 2. The number of anilines is 2. The quantitative estimate of drug-likeness (QED) is 0.797. The van der Waals surface area contributed by atoms with Gasteiger partial charge in [0.05, 0.1) is 17.7 Å². The second-order valence-corrected chi connectivity index (χ2v) is 5.65. The predicted molar refractivity (Wildman–Crippen MR) is 78.4 cm³/mol. The van der Waals surface area contributed by atoms with E-state index in [0.29, 0.717) is 0 Å². The third-order valence-corrected chi connectivity index (χ3v) is 3.45. The van der Waals surface area contributed by atoms with Crippen LogP contribution in [-0.2, 0) is 4.74 Å². The number of ether oxygens (including phenoxy) is 1. The van der Waals surface area contributed by atoms with E-state index in [9.17, 15) is 0 Å². The van der Waals surface area contributed by atoms with Crippen molar-refractivity contribution in [1.82, 2.24) is 4.98 Å².